The van der Waals surface area contributed by atoms with Gasteiger partial charge in [-0.3, -0.25) is 9.69 Å². The van der Waals surface area contributed by atoms with E-state index in [-0.39, 0.29) is 11.9 Å². The second-order valence-electron chi connectivity index (χ2n) is 6.18. The van der Waals surface area contributed by atoms with E-state index in [2.05, 4.69) is 28.2 Å². The molecule has 5 heteroatoms. The summed E-state index contributed by atoms with van der Waals surface area (Å²) in [5.74, 6) is 0.840. The largest absolute Gasteiger partial charge is 0.441 e. The average molecular weight is 315 g/mol. The van der Waals surface area contributed by atoms with Gasteiger partial charge in [0.05, 0.1) is 6.04 Å². The molecule has 2 aromatic rings. The Morgan fingerprint density at radius 2 is 2.30 bits per heavy atom. The summed E-state index contributed by atoms with van der Waals surface area (Å²) in [7, 11) is 0. The number of carbonyl (C=O) groups excluding carboxylic acids is 1. The SMILES string of the molecule is CCN1CCCCC1C(=O)NCCc1cccc2oc(C)nc12. The van der Waals surface area contributed by atoms with Gasteiger partial charge in [0, 0.05) is 13.5 Å². The number of likely N-dealkylation sites (tertiary alicyclic amines) is 1. The van der Waals surface area contributed by atoms with Gasteiger partial charge in [0.1, 0.15) is 5.52 Å². The van der Waals surface area contributed by atoms with Crippen molar-refractivity contribution in [1.29, 1.82) is 0 Å². The van der Waals surface area contributed by atoms with E-state index in [1.165, 1.54) is 6.42 Å². The number of aromatic nitrogens is 1. The number of amides is 1. The quantitative estimate of drug-likeness (QED) is 0.921. The van der Waals surface area contributed by atoms with Crippen molar-refractivity contribution in [2.45, 2.75) is 45.6 Å². The standard InChI is InChI=1S/C18H25N3O2/c1-3-21-12-5-4-8-15(21)18(22)19-11-10-14-7-6-9-16-17(14)20-13(2)23-16/h6-7,9,15H,3-5,8,10-12H2,1-2H3,(H,19,22). The highest BCUT2D eigenvalue weighted by Gasteiger charge is 2.27. The molecule has 23 heavy (non-hydrogen) atoms. The van der Waals surface area contributed by atoms with E-state index in [1.807, 2.05) is 19.1 Å². The first-order valence-corrected chi connectivity index (χ1v) is 8.56. The lowest BCUT2D eigenvalue weighted by atomic mass is 10.0. The van der Waals surface area contributed by atoms with Crippen LogP contribution in [0.2, 0.25) is 0 Å². The topological polar surface area (TPSA) is 58.4 Å². The molecule has 1 aliphatic rings. The zero-order valence-corrected chi connectivity index (χ0v) is 14.0. The number of oxazole rings is 1. The molecule has 0 aliphatic carbocycles. The van der Waals surface area contributed by atoms with Crippen LogP contribution in [-0.4, -0.2) is 41.5 Å². The number of likely N-dealkylation sites (N-methyl/N-ethyl adjacent to an activating group) is 1. The molecule has 1 aliphatic heterocycles. The van der Waals surface area contributed by atoms with E-state index in [0.29, 0.717) is 12.4 Å². The van der Waals surface area contributed by atoms with Crippen molar-refractivity contribution < 1.29 is 9.21 Å². The number of hydrogen-bond donors (Lipinski definition) is 1. The third-order valence-electron chi connectivity index (χ3n) is 4.63. The van der Waals surface area contributed by atoms with E-state index in [9.17, 15) is 4.79 Å². The molecule has 1 amide bonds. The van der Waals surface area contributed by atoms with Gasteiger partial charge in [-0.2, -0.15) is 0 Å². The van der Waals surface area contributed by atoms with Crippen LogP contribution in [0, 0.1) is 6.92 Å². The minimum Gasteiger partial charge on any atom is -0.441 e. The lowest BCUT2D eigenvalue weighted by molar-refractivity contribution is -0.127. The zero-order valence-electron chi connectivity index (χ0n) is 14.0. The molecule has 3 rings (SSSR count). The molecule has 0 radical (unpaired) electrons. The number of hydrogen-bond acceptors (Lipinski definition) is 4. The second-order valence-corrected chi connectivity index (χ2v) is 6.18. The van der Waals surface area contributed by atoms with E-state index < -0.39 is 0 Å². The lowest BCUT2D eigenvalue weighted by Crippen LogP contribution is -2.49. The Morgan fingerprint density at radius 1 is 1.43 bits per heavy atom. The van der Waals surface area contributed by atoms with Gasteiger partial charge in [0.15, 0.2) is 11.5 Å². The van der Waals surface area contributed by atoms with Gasteiger partial charge in [-0.1, -0.05) is 25.5 Å². The average Bonchev–Trinajstić information content (AvgIpc) is 2.95. The predicted octanol–water partition coefficient (Wildman–Crippen LogP) is 2.67. The highest BCUT2D eigenvalue weighted by molar-refractivity contribution is 5.82. The summed E-state index contributed by atoms with van der Waals surface area (Å²) >= 11 is 0. The molecule has 1 unspecified atom stereocenters. The molecule has 1 aromatic carbocycles. The molecule has 1 aromatic heterocycles. The summed E-state index contributed by atoms with van der Waals surface area (Å²) in [6.07, 6.45) is 4.09. The third kappa shape index (κ3) is 3.55. The van der Waals surface area contributed by atoms with Crippen LogP contribution < -0.4 is 5.32 Å². The van der Waals surface area contributed by atoms with Crippen molar-refractivity contribution in [3.63, 3.8) is 0 Å². The minimum absolute atomic E-state index is 0.0406. The lowest BCUT2D eigenvalue weighted by Gasteiger charge is -2.33. The Morgan fingerprint density at radius 3 is 3.13 bits per heavy atom. The van der Waals surface area contributed by atoms with Crippen LogP contribution in [0.3, 0.4) is 0 Å². The zero-order chi connectivity index (χ0) is 16.2. The molecule has 2 heterocycles. The molecule has 1 N–H and O–H groups in total. The molecule has 124 valence electrons. The van der Waals surface area contributed by atoms with E-state index in [4.69, 9.17) is 4.42 Å². The molecule has 1 saturated heterocycles. The number of nitrogens with one attached hydrogen (secondary N) is 1. The number of para-hydroxylation sites is 1. The van der Waals surface area contributed by atoms with Gasteiger partial charge >= 0.3 is 0 Å². The molecule has 1 atom stereocenters. The maximum absolute atomic E-state index is 12.4. The Bertz CT molecular complexity index is 680. The fourth-order valence-corrected chi connectivity index (χ4v) is 3.42. The van der Waals surface area contributed by atoms with Gasteiger partial charge < -0.3 is 9.73 Å². The normalized spacial score (nSPS) is 19.1. The monoisotopic (exact) mass is 315 g/mol. The Balaban J connectivity index is 1.59. The van der Waals surface area contributed by atoms with Crippen LogP contribution in [0.4, 0.5) is 0 Å². The van der Waals surface area contributed by atoms with Crippen molar-refractivity contribution in [2.75, 3.05) is 19.6 Å². The first kappa shape index (κ1) is 16.0. The Hall–Kier alpha value is -1.88. The van der Waals surface area contributed by atoms with Crippen LogP contribution in [0.5, 0.6) is 0 Å². The fraction of sp³-hybridized carbons (Fsp3) is 0.556. The fourth-order valence-electron chi connectivity index (χ4n) is 3.42. The summed E-state index contributed by atoms with van der Waals surface area (Å²) in [4.78, 5) is 19.2. The van der Waals surface area contributed by atoms with Crippen molar-refractivity contribution in [3.8, 4) is 0 Å². The van der Waals surface area contributed by atoms with Crippen molar-refractivity contribution in [2.24, 2.45) is 0 Å². The summed E-state index contributed by atoms with van der Waals surface area (Å²) in [5.41, 5.74) is 2.85. The molecule has 1 fully saturated rings. The highest BCUT2D eigenvalue weighted by Crippen LogP contribution is 2.20. The van der Waals surface area contributed by atoms with Gasteiger partial charge in [-0.15, -0.1) is 0 Å². The number of rotatable bonds is 5. The minimum atomic E-state index is 0.0406. The highest BCUT2D eigenvalue weighted by atomic mass is 16.3. The predicted molar refractivity (Wildman–Crippen MR) is 90.3 cm³/mol. The Kier molecular flexibility index (Phi) is 4.96. The van der Waals surface area contributed by atoms with Crippen molar-refractivity contribution in [3.05, 3.63) is 29.7 Å². The number of piperidine rings is 1. The summed E-state index contributed by atoms with van der Waals surface area (Å²) in [6, 6.07) is 6.00. The number of aryl methyl sites for hydroxylation is 1. The summed E-state index contributed by atoms with van der Waals surface area (Å²) in [5, 5.41) is 3.10. The molecular weight excluding hydrogens is 290 g/mol. The van der Waals surface area contributed by atoms with Crippen molar-refractivity contribution >= 4 is 17.0 Å². The molecule has 0 spiro atoms. The third-order valence-corrected chi connectivity index (χ3v) is 4.63. The first-order chi connectivity index (χ1) is 11.2. The second kappa shape index (κ2) is 7.13. The molecule has 0 saturated carbocycles. The van der Waals surface area contributed by atoms with Crippen LogP contribution >= 0.6 is 0 Å². The Labute approximate surface area is 137 Å². The van der Waals surface area contributed by atoms with E-state index >= 15 is 0 Å². The number of benzene rings is 1. The number of carbonyl (C=O) groups is 1. The molecule has 0 bridgehead atoms. The van der Waals surface area contributed by atoms with Gasteiger partial charge in [0.2, 0.25) is 5.91 Å². The summed E-state index contributed by atoms with van der Waals surface area (Å²) < 4.78 is 5.55. The van der Waals surface area contributed by atoms with Crippen LogP contribution in [-0.2, 0) is 11.2 Å². The maximum atomic E-state index is 12.4. The molecular formula is C18H25N3O2. The van der Waals surface area contributed by atoms with E-state index in [1.54, 1.807) is 0 Å². The molecule has 5 nitrogen and oxygen atoms in total. The first-order valence-electron chi connectivity index (χ1n) is 8.56. The van der Waals surface area contributed by atoms with Crippen LogP contribution in [0.15, 0.2) is 22.6 Å². The van der Waals surface area contributed by atoms with Crippen LogP contribution in [0.1, 0.15) is 37.6 Å². The number of fused-ring (bicyclic) bond motifs is 1. The van der Waals surface area contributed by atoms with Gasteiger partial charge in [-0.25, -0.2) is 4.98 Å². The van der Waals surface area contributed by atoms with E-state index in [0.717, 1.165) is 49.0 Å². The van der Waals surface area contributed by atoms with Gasteiger partial charge in [-0.05, 0) is 44.0 Å². The summed E-state index contributed by atoms with van der Waals surface area (Å²) in [6.45, 7) is 6.59. The van der Waals surface area contributed by atoms with Gasteiger partial charge in [0.25, 0.3) is 0 Å². The maximum Gasteiger partial charge on any atom is 0.237 e. The smallest absolute Gasteiger partial charge is 0.237 e. The van der Waals surface area contributed by atoms with Crippen molar-refractivity contribution in [1.82, 2.24) is 15.2 Å². The number of nitrogens with zero attached hydrogens (tertiary/aromatic N) is 2. The van der Waals surface area contributed by atoms with Crippen LogP contribution in [0.25, 0.3) is 11.1 Å².